The van der Waals surface area contributed by atoms with E-state index in [0.717, 1.165) is 12.0 Å². The van der Waals surface area contributed by atoms with Crippen molar-refractivity contribution >= 4 is 16.1 Å². The third kappa shape index (κ3) is 2.42. The molecule has 70 valence electrons. The maximum absolute atomic E-state index is 4.29. The summed E-state index contributed by atoms with van der Waals surface area (Å²) < 4.78 is 0. The highest BCUT2D eigenvalue weighted by Gasteiger charge is 2.04. The normalized spacial score (nSPS) is 11.7. The summed E-state index contributed by atoms with van der Waals surface area (Å²) in [4.78, 5) is 6.49. The average Bonchev–Trinajstić information content (AvgIpc) is 2.20. The van der Waals surface area contributed by atoms with Gasteiger partial charge in [0.15, 0.2) is 0 Å². The first-order valence-corrected chi connectivity index (χ1v) is 5.94. The van der Waals surface area contributed by atoms with Crippen LogP contribution in [0.25, 0.3) is 0 Å². The Balaban J connectivity index is 2.93. The highest BCUT2D eigenvalue weighted by molar-refractivity contribution is 6.11. The van der Waals surface area contributed by atoms with Crippen molar-refractivity contribution in [2.45, 2.75) is 0 Å². The van der Waals surface area contributed by atoms with E-state index in [9.17, 15) is 0 Å². The summed E-state index contributed by atoms with van der Waals surface area (Å²) in [6, 6.07) is 10.3. The summed E-state index contributed by atoms with van der Waals surface area (Å²) in [6.45, 7) is 0. The SMILES string of the molecule is C/N=C(\c1ccccc1)N(C)C[SiH3]. The van der Waals surface area contributed by atoms with E-state index in [0.29, 0.717) is 0 Å². The van der Waals surface area contributed by atoms with Crippen molar-refractivity contribution < 1.29 is 0 Å². The molecule has 0 aliphatic rings. The van der Waals surface area contributed by atoms with Crippen LogP contribution >= 0.6 is 0 Å². The Labute approximate surface area is 82.7 Å². The first-order chi connectivity index (χ1) is 6.29. The molecule has 0 amide bonds. The van der Waals surface area contributed by atoms with E-state index in [2.05, 4.69) is 29.1 Å². The van der Waals surface area contributed by atoms with Crippen molar-refractivity contribution in [2.24, 2.45) is 4.99 Å². The van der Waals surface area contributed by atoms with E-state index in [4.69, 9.17) is 0 Å². The lowest BCUT2D eigenvalue weighted by atomic mass is 10.2. The van der Waals surface area contributed by atoms with Crippen molar-refractivity contribution in [1.82, 2.24) is 4.90 Å². The fourth-order valence-corrected chi connectivity index (χ4v) is 1.56. The zero-order chi connectivity index (χ0) is 9.68. The highest BCUT2D eigenvalue weighted by Crippen LogP contribution is 2.03. The summed E-state index contributed by atoms with van der Waals surface area (Å²) in [7, 11) is 5.10. The number of amidine groups is 1. The van der Waals surface area contributed by atoms with Crippen LogP contribution in [0.2, 0.25) is 0 Å². The van der Waals surface area contributed by atoms with Gasteiger partial charge in [0.05, 0.1) is 0 Å². The number of rotatable bonds is 2. The molecule has 0 aliphatic heterocycles. The standard InChI is InChI=1S/C10H16N2Si/c1-11-10(12(2)8-13)9-6-4-3-5-7-9/h3-7H,8H2,1-2,13H3/b11-10+. The van der Waals surface area contributed by atoms with E-state index in [1.165, 1.54) is 15.8 Å². The van der Waals surface area contributed by atoms with Crippen molar-refractivity contribution in [1.29, 1.82) is 0 Å². The van der Waals surface area contributed by atoms with Gasteiger partial charge in [-0.2, -0.15) is 0 Å². The zero-order valence-corrected chi connectivity index (χ0v) is 10.5. The van der Waals surface area contributed by atoms with Gasteiger partial charge < -0.3 is 4.90 Å². The maximum Gasteiger partial charge on any atom is 0.130 e. The summed E-state index contributed by atoms with van der Waals surface area (Å²) in [5.41, 5.74) is 1.20. The topological polar surface area (TPSA) is 15.6 Å². The molecule has 1 rings (SSSR count). The second kappa shape index (κ2) is 4.82. The molecule has 0 spiro atoms. The van der Waals surface area contributed by atoms with Crippen LogP contribution in [0.3, 0.4) is 0 Å². The number of aliphatic imine (C=N–C) groups is 1. The van der Waals surface area contributed by atoms with Gasteiger partial charge >= 0.3 is 0 Å². The molecule has 0 heterocycles. The van der Waals surface area contributed by atoms with Crippen LogP contribution in [0.1, 0.15) is 5.56 Å². The quantitative estimate of drug-likeness (QED) is 0.374. The minimum Gasteiger partial charge on any atom is -0.363 e. The summed E-state index contributed by atoms with van der Waals surface area (Å²) >= 11 is 0. The maximum atomic E-state index is 4.29. The molecule has 1 aromatic rings. The third-order valence-electron chi connectivity index (χ3n) is 2.08. The van der Waals surface area contributed by atoms with Gasteiger partial charge in [0.1, 0.15) is 5.84 Å². The number of hydrogen-bond donors (Lipinski definition) is 0. The lowest BCUT2D eigenvalue weighted by Crippen LogP contribution is -2.28. The monoisotopic (exact) mass is 192 g/mol. The second-order valence-electron chi connectivity index (χ2n) is 2.93. The summed E-state index contributed by atoms with van der Waals surface area (Å²) in [6.07, 6.45) is 1.11. The zero-order valence-electron chi connectivity index (χ0n) is 8.49. The van der Waals surface area contributed by atoms with Gasteiger partial charge in [-0.25, -0.2) is 0 Å². The van der Waals surface area contributed by atoms with Crippen LogP contribution in [0.4, 0.5) is 0 Å². The van der Waals surface area contributed by atoms with Crippen molar-refractivity contribution in [3.8, 4) is 0 Å². The Morgan fingerprint density at radius 3 is 2.46 bits per heavy atom. The molecule has 0 saturated heterocycles. The molecule has 0 aliphatic carbocycles. The molecular weight excluding hydrogens is 176 g/mol. The van der Waals surface area contributed by atoms with E-state index < -0.39 is 0 Å². The van der Waals surface area contributed by atoms with Crippen LogP contribution in [-0.4, -0.2) is 41.2 Å². The Morgan fingerprint density at radius 2 is 2.00 bits per heavy atom. The predicted octanol–water partition coefficient (Wildman–Crippen LogP) is 0.318. The Kier molecular flexibility index (Phi) is 3.70. The lowest BCUT2D eigenvalue weighted by Gasteiger charge is -2.18. The summed E-state index contributed by atoms with van der Waals surface area (Å²) in [5, 5.41) is 0. The third-order valence-corrected chi connectivity index (χ3v) is 3.03. The van der Waals surface area contributed by atoms with Gasteiger partial charge in [0.2, 0.25) is 0 Å². The van der Waals surface area contributed by atoms with Crippen LogP contribution in [-0.2, 0) is 0 Å². The molecule has 2 nitrogen and oxygen atoms in total. The van der Waals surface area contributed by atoms with Gasteiger partial charge in [-0.3, -0.25) is 4.99 Å². The molecule has 0 bridgehead atoms. The van der Waals surface area contributed by atoms with Crippen molar-refractivity contribution in [3.05, 3.63) is 35.9 Å². The molecule has 0 saturated carbocycles. The largest absolute Gasteiger partial charge is 0.363 e. The van der Waals surface area contributed by atoms with Gasteiger partial charge in [0, 0.05) is 36.1 Å². The number of benzene rings is 1. The first kappa shape index (κ1) is 9.99. The minimum absolute atomic E-state index is 1.08. The predicted molar refractivity (Wildman–Crippen MR) is 61.5 cm³/mol. The first-order valence-electron chi connectivity index (χ1n) is 4.53. The van der Waals surface area contributed by atoms with E-state index >= 15 is 0 Å². The Morgan fingerprint density at radius 1 is 1.38 bits per heavy atom. The Hall–Kier alpha value is -1.09. The Bertz CT molecular complexity index is 282. The molecule has 13 heavy (non-hydrogen) atoms. The smallest absolute Gasteiger partial charge is 0.130 e. The summed E-state index contributed by atoms with van der Waals surface area (Å²) in [5.74, 6) is 1.08. The molecule has 0 N–H and O–H groups in total. The average molecular weight is 192 g/mol. The van der Waals surface area contributed by atoms with Crippen LogP contribution in [0, 0.1) is 0 Å². The fraction of sp³-hybridized carbons (Fsp3) is 0.300. The van der Waals surface area contributed by atoms with Crippen LogP contribution in [0.5, 0.6) is 0 Å². The highest BCUT2D eigenvalue weighted by atomic mass is 28.1. The molecule has 0 unspecified atom stereocenters. The van der Waals surface area contributed by atoms with Gasteiger partial charge in [-0.15, -0.1) is 0 Å². The molecular formula is C10H16N2Si. The van der Waals surface area contributed by atoms with E-state index in [1.54, 1.807) is 0 Å². The van der Waals surface area contributed by atoms with Crippen molar-refractivity contribution in [2.75, 3.05) is 20.3 Å². The number of hydrogen-bond acceptors (Lipinski definition) is 1. The molecule has 0 aromatic heterocycles. The van der Waals surface area contributed by atoms with Gasteiger partial charge in [0.25, 0.3) is 0 Å². The van der Waals surface area contributed by atoms with Gasteiger partial charge in [-0.05, 0) is 0 Å². The molecule has 0 atom stereocenters. The minimum atomic E-state index is 1.08. The fourth-order valence-electron chi connectivity index (χ4n) is 1.26. The van der Waals surface area contributed by atoms with E-state index in [1.807, 2.05) is 25.2 Å². The number of nitrogens with zero attached hydrogens (tertiary/aromatic N) is 2. The molecule has 0 radical (unpaired) electrons. The molecule has 3 heteroatoms. The van der Waals surface area contributed by atoms with Crippen LogP contribution < -0.4 is 0 Å². The van der Waals surface area contributed by atoms with Crippen molar-refractivity contribution in [3.63, 3.8) is 0 Å². The van der Waals surface area contributed by atoms with E-state index in [-0.39, 0.29) is 0 Å². The molecule has 0 fully saturated rings. The molecule has 1 aromatic carbocycles. The lowest BCUT2D eigenvalue weighted by molar-refractivity contribution is 0.593. The second-order valence-corrected chi connectivity index (χ2v) is 3.56. The van der Waals surface area contributed by atoms with Crippen LogP contribution in [0.15, 0.2) is 35.3 Å². The van der Waals surface area contributed by atoms with Gasteiger partial charge in [-0.1, -0.05) is 30.3 Å².